The molecule has 0 aliphatic heterocycles. The van der Waals surface area contributed by atoms with Crippen LogP contribution in [0.25, 0.3) is 11.3 Å². The van der Waals surface area contributed by atoms with Crippen LogP contribution in [0.4, 0.5) is 4.39 Å². The van der Waals surface area contributed by atoms with Crippen molar-refractivity contribution < 1.29 is 13.9 Å². The van der Waals surface area contributed by atoms with Crippen molar-refractivity contribution in [3.63, 3.8) is 0 Å². The Morgan fingerprint density at radius 1 is 1.35 bits per heavy atom. The van der Waals surface area contributed by atoms with Crippen LogP contribution in [0.3, 0.4) is 0 Å². The second kappa shape index (κ2) is 6.43. The Balaban J connectivity index is 2.45. The van der Waals surface area contributed by atoms with Crippen LogP contribution in [-0.2, 0) is 9.53 Å². The molecule has 1 atom stereocenters. The van der Waals surface area contributed by atoms with Gasteiger partial charge in [-0.2, -0.15) is 0 Å². The molecule has 104 valence electrons. The molecular formula is C14H12ClFN2O2. The number of nitrogens with zero attached hydrogens (tertiary/aromatic N) is 2. The van der Waals surface area contributed by atoms with Gasteiger partial charge in [-0.05, 0) is 31.2 Å². The first-order valence-corrected chi connectivity index (χ1v) is 6.34. The third kappa shape index (κ3) is 3.11. The lowest BCUT2D eigenvalue weighted by Crippen LogP contribution is -2.07. The number of hydrogen-bond acceptors (Lipinski definition) is 4. The summed E-state index contributed by atoms with van der Waals surface area (Å²) in [5.41, 5.74) is 2.69. The van der Waals surface area contributed by atoms with E-state index in [4.69, 9.17) is 11.6 Å². The second-order valence-electron chi connectivity index (χ2n) is 4.13. The monoisotopic (exact) mass is 294 g/mol. The number of rotatable bonds is 5. The molecule has 2 aromatic rings. The van der Waals surface area contributed by atoms with E-state index in [0.717, 1.165) is 5.56 Å². The predicted octanol–water partition coefficient (Wildman–Crippen LogP) is 3.04. The summed E-state index contributed by atoms with van der Waals surface area (Å²) in [6.45, 7) is 2.15. The molecule has 2 rings (SSSR count). The molecule has 0 bridgehead atoms. The molecule has 0 N–H and O–H groups in total. The van der Waals surface area contributed by atoms with Crippen molar-refractivity contribution in [2.24, 2.45) is 0 Å². The van der Waals surface area contributed by atoms with Gasteiger partial charge in [-0.15, -0.1) is 11.6 Å². The van der Waals surface area contributed by atoms with Gasteiger partial charge in [0.05, 0.1) is 11.1 Å². The van der Waals surface area contributed by atoms with E-state index >= 15 is 0 Å². The topological polar surface area (TPSA) is 52.1 Å². The van der Waals surface area contributed by atoms with E-state index < -0.39 is 5.38 Å². The molecule has 1 heterocycles. The molecule has 0 fully saturated rings. The standard InChI is InChI=1S/C14H12ClFN2O2/c1-9-13(12(15)6-20-8-19)14(18-7-17-9)10-2-4-11(16)5-3-10/h2-5,7-8,12H,6H2,1H3. The number of alkyl halides is 1. The van der Waals surface area contributed by atoms with Crippen LogP contribution in [0.5, 0.6) is 0 Å². The van der Waals surface area contributed by atoms with E-state index in [1.807, 2.05) is 0 Å². The Kier molecular flexibility index (Phi) is 4.63. The van der Waals surface area contributed by atoms with Crippen LogP contribution < -0.4 is 0 Å². The quantitative estimate of drug-likeness (QED) is 0.628. The first-order valence-electron chi connectivity index (χ1n) is 5.90. The van der Waals surface area contributed by atoms with E-state index in [-0.39, 0.29) is 12.4 Å². The van der Waals surface area contributed by atoms with Gasteiger partial charge < -0.3 is 4.74 Å². The third-order valence-electron chi connectivity index (χ3n) is 2.82. The summed E-state index contributed by atoms with van der Waals surface area (Å²) >= 11 is 6.24. The fourth-order valence-corrected chi connectivity index (χ4v) is 2.24. The minimum Gasteiger partial charge on any atom is -0.466 e. The Morgan fingerprint density at radius 3 is 2.70 bits per heavy atom. The van der Waals surface area contributed by atoms with Gasteiger partial charge in [-0.3, -0.25) is 4.79 Å². The zero-order chi connectivity index (χ0) is 14.5. The molecule has 1 unspecified atom stereocenters. The first kappa shape index (κ1) is 14.4. The zero-order valence-corrected chi connectivity index (χ0v) is 11.5. The second-order valence-corrected chi connectivity index (χ2v) is 4.65. The molecule has 4 nitrogen and oxygen atoms in total. The lowest BCUT2D eigenvalue weighted by molar-refractivity contribution is -0.128. The Labute approximate surface area is 120 Å². The highest BCUT2D eigenvalue weighted by molar-refractivity contribution is 6.21. The Bertz CT molecular complexity index is 605. The highest BCUT2D eigenvalue weighted by atomic mass is 35.5. The minimum atomic E-state index is -0.568. The van der Waals surface area contributed by atoms with Gasteiger partial charge in [0.15, 0.2) is 0 Å². The van der Waals surface area contributed by atoms with Crippen molar-refractivity contribution in [3.8, 4) is 11.3 Å². The molecule has 6 heteroatoms. The summed E-state index contributed by atoms with van der Waals surface area (Å²) in [5.74, 6) is -0.326. The highest BCUT2D eigenvalue weighted by Crippen LogP contribution is 2.31. The van der Waals surface area contributed by atoms with Crippen LogP contribution in [0, 0.1) is 12.7 Å². The number of aryl methyl sites for hydroxylation is 1. The number of hydrogen-bond donors (Lipinski definition) is 0. The molecule has 0 amide bonds. The molecule has 0 aliphatic carbocycles. The van der Waals surface area contributed by atoms with E-state index in [1.54, 1.807) is 19.1 Å². The molecular weight excluding hydrogens is 283 g/mol. The minimum absolute atomic E-state index is 0.0213. The SMILES string of the molecule is Cc1ncnc(-c2ccc(F)cc2)c1C(Cl)COC=O. The summed E-state index contributed by atoms with van der Waals surface area (Å²) in [4.78, 5) is 18.6. The van der Waals surface area contributed by atoms with Crippen molar-refractivity contribution in [2.75, 3.05) is 6.61 Å². The Hall–Kier alpha value is -2.01. The van der Waals surface area contributed by atoms with Crippen molar-refractivity contribution >= 4 is 18.1 Å². The molecule has 1 aromatic heterocycles. The average Bonchev–Trinajstić information content (AvgIpc) is 2.45. The smallest absolute Gasteiger partial charge is 0.293 e. The highest BCUT2D eigenvalue weighted by Gasteiger charge is 2.19. The summed E-state index contributed by atoms with van der Waals surface area (Å²) in [6.07, 6.45) is 1.42. The third-order valence-corrected chi connectivity index (χ3v) is 3.17. The molecule has 0 spiro atoms. The van der Waals surface area contributed by atoms with Gasteiger partial charge in [-0.25, -0.2) is 14.4 Å². The van der Waals surface area contributed by atoms with Gasteiger partial charge in [0.2, 0.25) is 0 Å². The number of ether oxygens (including phenoxy) is 1. The van der Waals surface area contributed by atoms with Crippen molar-refractivity contribution in [1.82, 2.24) is 9.97 Å². The molecule has 0 saturated carbocycles. The zero-order valence-electron chi connectivity index (χ0n) is 10.7. The first-order chi connectivity index (χ1) is 9.63. The average molecular weight is 295 g/mol. The summed E-state index contributed by atoms with van der Waals surface area (Å²) in [7, 11) is 0. The van der Waals surface area contributed by atoms with Crippen molar-refractivity contribution in [2.45, 2.75) is 12.3 Å². The van der Waals surface area contributed by atoms with E-state index in [9.17, 15) is 9.18 Å². The van der Waals surface area contributed by atoms with Crippen LogP contribution in [0.15, 0.2) is 30.6 Å². The van der Waals surface area contributed by atoms with Crippen LogP contribution in [0.2, 0.25) is 0 Å². The number of carbonyl (C=O) groups is 1. The molecule has 0 saturated heterocycles. The maximum Gasteiger partial charge on any atom is 0.293 e. The lowest BCUT2D eigenvalue weighted by Gasteiger charge is -2.15. The van der Waals surface area contributed by atoms with Crippen LogP contribution >= 0.6 is 11.6 Å². The predicted molar refractivity (Wildman–Crippen MR) is 72.8 cm³/mol. The van der Waals surface area contributed by atoms with E-state index in [1.165, 1.54) is 18.5 Å². The Morgan fingerprint density at radius 2 is 2.05 bits per heavy atom. The largest absolute Gasteiger partial charge is 0.466 e. The van der Waals surface area contributed by atoms with Crippen LogP contribution in [-0.4, -0.2) is 23.0 Å². The maximum absolute atomic E-state index is 13.0. The van der Waals surface area contributed by atoms with E-state index in [0.29, 0.717) is 23.4 Å². The fourth-order valence-electron chi connectivity index (χ4n) is 1.90. The molecule has 0 radical (unpaired) electrons. The van der Waals surface area contributed by atoms with Gasteiger partial charge in [0.1, 0.15) is 18.8 Å². The number of aromatic nitrogens is 2. The number of carbonyl (C=O) groups excluding carboxylic acids is 1. The lowest BCUT2D eigenvalue weighted by atomic mass is 10.0. The van der Waals surface area contributed by atoms with Gasteiger partial charge in [0, 0.05) is 16.8 Å². The fraction of sp³-hybridized carbons (Fsp3) is 0.214. The van der Waals surface area contributed by atoms with Crippen LogP contribution in [0.1, 0.15) is 16.6 Å². The summed E-state index contributed by atoms with van der Waals surface area (Å²) in [5, 5.41) is -0.568. The normalized spacial score (nSPS) is 11.9. The molecule has 20 heavy (non-hydrogen) atoms. The number of benzene rings is 1. The maximum atomic E-state index is 13.0. The van der Waals surface area contributed by atoms with Crippen molar-refractivity contribution in [1.29, 1.82) is 0 Å². The summed E-state index contributed by atoms with van der Waals surface area (Å²) in [6, 6.07) is 5.93. The van der Waals surface area contributed by atoms with Crippen molar-refractivity contribution in [3.05, 3.63) is 47.7 Å². The van der Waals surface area contributed by atoms with E-state index in [2.05, 4.69) is 14.7 Å². The molecule has 0 aliphatic rings. The summed E-state index contributed by atoms with van der Waals surface area (Å²) < 4.78 is 17.7. The van der Waals surface area contributed by atoms with Gasteiger partial charge >= 0.3 is 0 Å². The number of halogens is 2. The van der Waals surface area contributed by atoms with Gasteiger partial charge in [0.25, 0.3) is 6.47 Å². The van der Waals surface area contributed by atoms with Gasteiger partial charge in [-0.1, -0.05) is 0 Å². The molecule has 1 aromatic carbocycles.